The number of aromatic nitrogens is 1. The highest BCUT2D eigenvalue weighted by atomic mass is 35.5. The van der Waals surface area contributed by atoms with Crippen molar-refractivity contribution in [1.29, 1.82) is 0 Å². The molecule has 0 aliphatic rings. The van der Waals surface area contributed by atoms with Crippen molar-refractivity contribution in [2.75, 3.05) is 0 Å². The van der Waals surface area contributed by atoms with Crippen molar-refractivity contribution in [2.24, 2.45) is 9.98 Å². The zero-order valence-corrected chi connectivity index (χ0v) is 17.7. The molecule has 3 aromatic rings. The maximum Gasteiger partial charge on any atom is 0.0849 e. The lowest BCUT2D eigenvalue weighted by Crippen LogP contribution is -2.05. The number of aliphatic imine (C=N–C) groups is 2. The van der Waals surface area contributed by atoms with E-state index in [9.17, 15) is 0 Å². The van der Waals surface area contributed by atoms with Crippen molar-refractivity contribution in [2.45, 2.75) is 34.6 Å². The molecule has 0 bridgehead atoms. The number of benzene rings is 2. The van der Waals surface area contributed by atoms with E-state index in [-0.39, 0.29) is 0 Å². The zero-order valence-electron chi connectivity index (χ0n) is 16.9. The van der Waals surface area contributed by atoms with Crippen LogP contribution in [0.4, 0.5) is 11.4 Å². The Labute approximate surface area is 171 Å². The second-order valence-corrected chi connectivity index (χ2v) is 7.41. The largest absolute Gasteiger partial charge is 0.251 e. The van der Waals surface area contributed by atoms with Gasteiger partial charge in [-0.2, -0.15) is 0 Å². The molecular formula is C24H24ClN3. The molecule has 3 nitrogen and oxygen atoms in total. The highest BCUT2D eigenvalue weighted by molar-refractivity contribution is 6.33. The molecule has 142 valence electrons. The van der Waals surface area contributed by atoms with Crippen LogP contribution in [0.3, 0.4) is 0 Å². The third kappa shape index (κ3) is 4.55. The summed E-state index contributed by atoms with van der Waals surface area (Å²) in [4.78, 5) is 14.3. The molecule has 0 aliphatic heterocycles. The lowest BCUT2D eigenvalue weighted by molar-refractivity contribution is 1.23. The van der Waals surface area contributed by atoms with Gasteiger partial charge in [0.25, 0.3) is 0 Å². The molecule has 0 N–H and O–H groups in total. The summed E-state index contributed by atoms with van der Waals surface area (Å²) in [5, 5.41) is 0.658. The molecule has 0 unspecified atom stereocenters. The van der Waals surface area contributed by atoms with E-state index in [4.69, 9.17) is 26.6 Å². The normalized spacial score (nSPS) is 12.4. The van der Waals surface area contributed by atoms with Crippen LogP contribution in [-0.2, 0) is 0 Å². The van der Waals surface area contributed by atoms with Crippen LogP contribution in [0.2, 0.25) is 5.02 Å². The fourth-order valence-electron chi connectivity index (χ4n) is 3.04. The zero-order chi connectivity index (χ0) is 20.3. The summed E-state index contributed by atoms with van der Waals surface area (Å²) in [5.74, 6) is 0. The second-order valence-electron chi connectivity index (χ2n) is 7.00. The van der Waals surface area contributed by atoms with E-state index in [0.29, 0.717) is 5.02 Å². The van der Waals surface area contributed by atoms with E-state index in [2.05, 4.69) is 19.1 Å². The van der Waals surface area contributed by atoms with Gasteiger partial charge in [0.1, 0.15) is 0 Å². The van der Waals surface area contributed by atoms with E-state index in [1.807, 2.05) is 70.2 Å². The Morgan fingerprint density at radius 1 is 0.786 bits per heavy atom. The summed E-state index contributed by atoms with van der Waals surface area (Å²) in [7, 11) is 0. The monoisotopic (exact) mass is 389 g/mol. The fraction of sp³-hybridized carbons (Fsp3) is 0.208. The number of nitrogens with zero attached hydrogens (tertiary/aromatic N) is 3. The predicted molar refractivity (Wildman–Crippen MR) is 120 cm³/mol. The maximum absolute atomic E-state index is 6.41. The van der Waals surface area contributed by atoms with E-state index < -0.39 is 0 Å². The van der Waals surface area contributed by atoms with E-state index >= 15 is 0 Å². The number of hydrogen-bond acceptors (Lipinski definition) is 3. The van der Waals surface area contributed by atoms with Gasteiger partial charge in [-0.3, -0.25) is 4.99 Å². The highest BCUT2D eigenvalue weighted by Gasteiger charge is 2.08. The number of para-hydroxylation sites is 1. The van der Waals surface area contributed by atoms with Gasteiger partial charge in [0.2, 0.25) is 0 Å². The lowest BCUT2D eigenvalue weighted by atomic mass is 10.1. The van der Waals surface area contributed by atoms with Crippen LogP contribution in [0.1, 0.15) is 41.9 Å². The van der Waals surface area contributed by atoms with Crippen LogP contribution in [0, 0.1) is 20.8 Å². The van der Waals surface area contributed by atoms with Crippen LogP contribution in [0.5, 0.6) is 0 Å². The summed E-state index contributed by atoms with van der Waals surface area (Å²) >= 11 is 6.41. The number of aryl methyl sites for hydroxylation is 3. The van der Waals surface area contributed by atoms with Crippen molar-refractivity contribution in [3.8, 4) is 0 Å². The molecule has 1 aromatic heterocycles. The van der Waals surface area contributed by atoms with Crippen LogP contribution >= 0.6 is 11.6 Å². The molecule has 0 aliphatic carbocycles. The third-order valence-corrected chi connectivity index (χ3v) is 4.86. The van der Waals surface area contributed by atoms with Crippen molar-refractivity contribution in [3.63, 3.8) is 0 Å². The minimum atomic E-state index is 0.658. The minimum absolute atomic E-state index is 0.658. The number of pyridine rings is 1. The summed E-state index contributed by atoms with van der Waals surface area (Å²) in [5.41, 5.74) is 8.41. The van der Waals surface area contributed by atoms with Gasteiger partial charge < -0.3 is 0 Å². The molecule has 0 amide bonds. The first-order valence-corrected chi connectivity index (χ1v) is 9.63. The molecule has 3 rings (SSSR count). The van der Waals surface area contributed by atoms with Gasteiger partial charge >= 0.3 is 0 Å². The van der Waals surface area contributed by atoms with Gasteiger partial charge in [-0.25, -0.2) is 9.98 Å². The van der Waals surface area contributed by atoms with Gasteiger partial charge in [0.15, 0.2) is 0 Å². The first-order valence-electron chi connectivity index (χ1n) is 9.26. The first kappa shape index (κ1) is 20.0. The number of halogens is 1. The molecule has 4 heteroatoms. The van der Waals surface area contributed by atoms with Gasteiger partial charge in [-0.1, -0.05) is 41.9 Å². The number of rotatable bonds is 4. The Morgan fingerprint density at radius 2 is 1.43 bits per heavy atom. The summed E-state index contributed by atoms with van der Waals surface area (Å²) in [6.45, 7) is 10.0. The maximum atomic E-state index is 6.41. The van der Waals surface area contributed by atoms with Crippen LogP contribution in [0.15, 0.2) is 64.6 Å². The second kappa shape index (κ2) is 8.49. The number of hydrogen-bond donors (Lipinski definition) is 0. The van der Waals surface area contributed by atoms with Crippen LogP contribution < -0.4 is 0 Å². The van der Waals surface area contributed by atoms with Crippen molar-refractivity contribution in [3.05, 3.63) is 87.7 Å². The van der Waals surface area contributed by atoms with Gasteiger partial charge in [-0.05, 0) is 75.6 Å². The van der Waals surface area contributed by atoms with E-state index in [1.54, 1.807) is 0 Å². The molecule has 0 atom stereocenters. The Morgan fingerprint density at radius 3 is 2.07 bits per heavy atom. The third-order valence-electron chi connectivity index (χ3n) is 4.57. The predicted octanol–water partition coefficient (Wildman–Crippen LogP) is 6.94. The Balaban J connectivity index is 1.96. The average Bonchev–Trinajstić information content (AvgIpc) is 2.66. The van der Waals surface area contributed by atoms with Gasteiger partial charge in [0, 0.05) is 0 Å². The fourth-order valence-corrected chi connectivity index (χ4v) is 3.40. The highest BCUT2D eigenvalue weighted by Crippen LogP contribution is 2.30. The quantitative estimate of drug-likeness (QED) is 0.445. The molecule has 2 aromatic carbocycles. The van der Waals surface area contributed by atoms with Gasteiger partial charge in [0.05, 0.1) is 39.2 Å². The van der Waals surface area contributed by atoms with Crippen molar-refractivity contribution < 1.29 is 0 Å². The average molecular weight is 390 g/mol. The van der Waals surface area contributed by atoms with Crippen molar-refractivity contribution in [1.82, 2.24) is 4.98 Å². The lowest BCUT2D eigenvalue weighted by Gasteiger charge is -2.08. The van der Waals surface area contributed by atoms with E-state index in [1.165, 1.54) is 0 Å². The van der Waals surface area contributed by atoms with Crippen LogP contribution in [-0.4, -0.2) is 16.4 Å². The molecular weight excluding hydrogens is 366 g/mol. The topological polar surface area (TPSA) is 37.6 Å². The molecule has 0 saturated heterocycles. The summed E-state index contributed by atoms with van der Waals surface area (Å²) < 4.78 is 0. The van der Waals surface area contributed by atoms with Crippen molar-refractivity contribution >= 4 is 34.4 Å². The Kier molecular flexibility index (Phi) is 6.05. The van der Waals surface area contributed by atoms with E-state index in [0.717, 1.165) is 50.9 Å². The molecule has 0 radical (unpaired) electrons. The Hall–Kier alpha value is -2.78. The summed E-state index contributed by atoms with van der Waals surface area (Å²) in [6.07, 6.45) is 0. The molecule has 0 fully saturated rings. The first-order chi connectivity index (χ1) is 13.3. The minimum Gasteiger partial charge on any atom is -0.251 e. The molecule has 0 saturated carbocycles. The molecule has 1 heterocycles. The Bertz CT molecular complexity index is 1060. The smallest absolute Gasteiger partial charge is 0.0849 e. The SMILES string of the molecule is CC(=Nc1ccccc1C)c1cccc(C(C)=Nc2c(C)cc(C)cc2Cl)n1. The van der Waals surface area contributed by atoms with Gasteiger partial charge in [-0.15, -0.1) is 0 Å². The molecule has 28 heavy (non-hydrogen) atoms. The molecule has 0 spiro atoms. The van der Waals surface area contributed by atoms with Crippen LogP contribution in [0.25, 0.3) is 0 Å². The summed E-state index contributed by atoms with van der Waals surface area (Å²) in [6, 6.07) is 18.0. The standard InChI is InChI=1S/C24H24ClN3/c1-15-13-17(3)24(20(25)14-15)27-19(5)23-12-8-11-22(28-23)18(4)26-21-10-7-6-9-16(21)2/h6-14H,1-5H3.